The minimum Gasteiger partial charge on any atom is -0.491 e. The van der Waals surface area contributed by atoms with E-state index in [2.05, 4.69) is 25.5 Å². The van der Waals surface area contributed by atoms with Gasteiger partial charge in [0.15, 0.2) is 22.4 Å². The second-order valence-electron chi connectivity index (χ2n) is 11.8. The van der Waals surface area contributed by atoms with Crippen LogP contribution in [0.2, 0.25) is 0 Å². The number of hydrogen-bond donors (Lipinski definition) is 3. The highest BCUT2D eigenvalue weighted by atomic mass is 32.1. The summed E-state index contributed by atoms with van der Waals surface area (Å²) in [5, 5.41) is 16.8. The van der Waals surface area contributed by atoms with Gasteiger partial charge in [-0.05, 0) is 72.4 Å². The molecule has 0 bridgehead atoms. The summed E-state index contributed by atoms with van der Waals surface area (Å²) in [4.78, 5) is 38.9. The van der Waals surface area contributed by atoms with Gasteiger partial charge in [0.1, 0.15) is 5.82 Å². The van der Waals surface area contributed by atoms with Crippen LogP contribution in [-0.2, 0) is 19.4 Å². The Morgan fingerprint density at radius 2 is 1.83 bits per heavy atom. The van der Waals surface area contributed by atoms with E-state index in [1.165, 1.54) is 17.4 Å². The third-order valence-electron chi connectivity index (χ3n) is 8.77. The molecule has 0 saturated carbocycles. The lowest BCUT2D eigenvalue weighted by atomic mass is 9.94. The van der Waals surface area contributed by atoms with Gasteiger partial charge in [0, 0.05) is 56.6 Å². The number of carbonyl (C=O) groups excluding carboxylic acids is 1. The quantitative estimate of drug-likeness (QED) is 0.160. The number of carbonyl (C=O) groups is 2. The number of halogens is 1. The number of nitrogens with zero attached hydrogens (tertiary/aromatic N) is 4. The number of thiazole rings is 1. The normalized spacial score (nSPS) is 14.5. The van der Waals surface area contributed by atoms with Crippen molar-refractivity contribution in [2.24, 2.45) is 0 Å². The van der Waals surface area contributed by atoms with E-state index in [9.17, 15) is 19.1 Å². The number of fused-ring (bicyclic) bond motifs is 2. The van der Waals surface area contributed by atoms with Crippen LogP contribution in [0.25, 0.3) is 10.2 Å². The summed E-state index contributed by atoms with van der Waals surface area (Å²) in [6, 6.07) is 22.1. The van der Waals surface area contributed by atoms with Gasteiger partial charge in [0.2, 0.25) is 0 Å². The minimum absolute atomic E-state index is 0.0216. The van der Waals surface area contributed by atoms with E-state index >= 15 is 0 Å². The SMILES string of the molecule is O=C(Nc1nc2ccccc2s1)c1cccc2c1CN(c1ccc(CCCOc3ccc(N4CCNCC4)cc3F)c(C(=O)O)n1)CC2. The first-order valence-corrected chi connectivity index (χ1v) is 16.9. The largest absolute Gasteiger partial charge is 0.491 e. The molecule has 3 N–H and O–H groups in total. The summed E-state index contributed by atoms with van der Waals surface area (Å²) in [5.41, 5.74) is 4.74. The molecule has 1 fully saturated rings. The van der Waals surface area contributed by atoms with Gasteiger partial charge in [-0.25, -0.2) is 19.2 Å². The van der Waals surface area contributed by atoms with E-state index in [1.807, 2.05) is 53.4 Å². The van der Waals surface area contributed by atoms with Gasteiger partial charge >= 0.3 is 5.97 Å². The number of nitrogens with one attached hydrogen (secondary N) is 2. The van der Waals surface area contributed by atoms with Crippen molar-refractivity contribution >= 4 is 50.1 Å². The van der Waals surface area contributed by atoms with Crippen molar-refractivity contribution in [1.82, 2.24) is 15.3 Å². The number of aromatic nitrogens is 2. The van der Waals surface area contributed by atoms with E-state index in [1.54, 1.807) is 18.2 Å². The van der Waals surface area contributed by atoms with Gasteiger partial charge in [-0.15, -0.1) is 0 Å². The van der Waals surface area contributed by atoms with E-state index < -0.39 is 11.8 Å². The number of amides is 1. The van der Waals surface area contributed by atoms with Crippen LogP contribution in [0.15, 0.2) is 72.8 Å². The van der Waals surface area contributed by atoms with Crippen LogP contribution in [0.4, 0.5) is 21.0 Å². The smallest absolute Gasteiger partial charge is 0.354 e. The minimum atomic E-state index is -1.12. The van der Waals surface area contributed by atoms with Crippen LogP contribution in [0, 0.1) is 5.82 Å². The number of benzene rings is 3. The summed E-state index contributed by atoms with van der Waals surface area (Å²) in [6.45, 7) is 4.67. The highest BCUT2D eigenvalue weighted by molar-refractivity contribution is 7.22. The summed E-state index contributed by atoms with van der Waals surface area (Å²) in [6.07, 6.45) is 1.59. The maximum atomic E-state index is 14.8. The molecule has 0 unspecified atom stereocenters. The highest BCUT2D eigenvalue weighted by Gasteiger charge is 2.25. The fourth-order valence-corrected chi connectivity index (χ4v) is 7.15. The Kier molecular flexibility index (Phi) is 9.17. The van der Waals surface area contributed by atoms with Crippen molar-refractivity contribution in [3.8, 4) is 5.75 Å². The molecule has 12 heteroatoms. The van der Waals surface area contributed by atoms with Crippen LogP contribution in [0.1, 0.15) is 44.0 Å². The maximum Gasteiger partial charge on any atom is 0.354 e. The monoisotopic (exact) mass is 666 g/mol. The Morgan fingerprint density at radius 3 is 2.65 bits per heavy atom. The first kappa shape index (κ1) is 31.5. The summed E-state index contributed by atoms with van der Waals surface area (Å²) < 4.78 is 21.5. The number of aryl methyl sites for hydroxylation is 1. The molecule has 7 rings (SSSR count). The van der Waals surface area contributed by atoms with Gasteiger partial charge < -0.3 is 25.0 Å². The third-order valence-corrected chi connectivity index (χ3v) is 9.72. The second-order valence-corrected chi connectivity index (χ2v) is 12.9. The first-order valence-electron chi connectivity index (χ1n) is 16.1. The molecule has 10 nitrogen and oxygen atoms in total. The number of ether oxygens (including phenoxy) is 1. The predicted octanol–water partition coefficient (Wildman–Crippen LogP) is 5.76. The molecule has 1 saturated heterocycles. The average Bonchev–Trinajstić information content (AvgIpc) is 3.52. The molecule has 48 heavy (non-hydrogen) atoms. The number of rotatable bonds is 10. The van der Waals surface area contributed by atoms with Gasteiger partial charge in [0.25, 0.3) is 5.91 Å². The number of carboxylic acids is 1. The number of anilines is 3. The number of hydrogen-bond acceptors (Lipinski definition) is 9. The number of para-hydroxylation sites is 1. The summed E-state index contributed by atoms with van der Waals surface area (Å²) >= 11 is 1.43. The predicted molar refractivity (Wildman–Crippen MR) is 185 cm³/mol. The van der Waals surface area contributed by atoms with Crippen molar-refractivity contribution in [3.63, 3.8) is 0 Å². The molecule has 5 aromatic rings. The van der Waals surface area contributed by atoms with Crippen LogP contribution in [0.5, 0.6) is 5.75 Å². The zero-order valence-electron chi connectivity index (χ0n) is 26.2. The van der Waals surface area contributed by atoms with E-state index in [0.29, 0.717) is 54.4 Å². The average molecular weight is 667 g/mol. The maximum absolute atomic E-state index is 14.8. The Balaban J connectivity index is 0.998. The number of carboxylic acid groups (broad SMARTS) is 1. The second kappa shape index (κ2) is 14.0. The lowest BCUT2D eigenvalue weighted by Gasteiger charge is -2.31. The van der Waals surface area contributed by atoms with E-state index in [0.717, 1.165) is 53.2 Å². The van der Waals surface area contributed by atoms with Crippen LogP contribution >= 0.6 is 11.3 Å². The van der Waals surface area contributed by atoms with Crippen LogP contribution in [0.3, 0.4) is 0 Å². The van der Waals surface area contributed by atoms with E-state index in [4.69, 9.17) is 4.74 Å². The molecule has 246 valence electrons. The molecule has 0 atom stereocenters. The standard InChI is InChI=1S/C36H35FN6O4S/c37-28-21-25(42-18-15-38-16-19-42)11-12-30(28)47-20-4-6-24-10-13-32(40-33(24)35(45)46)43-17-14-23-5-3-7-26(27(23)22-43)34(44)41-36-39-29-8-1-2-9-31(29)48-36/h1-3,5,7-13,21,38H,4,6,14-20,22H2,(H,45,46)(H,39,41,44). The molecule has 4 heterocycles. The molecular weight excluding hydrogens is 631 g/mol. The molecule has 3 aromatic carbocycles. The number of pyridine rings is 1. The molecule has 2 aliphatic rings. The third kappa shape index (κ3) is 6.80. The van der Waals surface area contributed by atoms with E-state index in [-0.39, 0.29) is 24.0 Å². The van der Waals surface area contributed by atoms with Gasteiger partial charge in [-0.1, -0.05) is 41.7 Å². The van der Waals surface area contributed by atoms with Gasteiger partial charge in [0.05, 0.1) is 16.8 Å². The highest BCUT2D eigenvalue weighted by Crippen LogP contribution is 2.30. The van der Waals surface area contributed by atoms with Crippen molar-refractivity contribution in [2.75, 3.05) is 54.4 Å². The van der Waals surface area contributed by atoms with Crippen LogP contribution in [-0.4, -0.2) is 66.3 Å². The van der Waals surface area contributed by atoms with Gasteiger partial charge in [-0.3, -0.25) is 10.1 Å². The summed E-state index contributed by atoms with van der Waals surface area (Å²) in [7, 11) is 0. The lowest BCUT2D eigenvalue weighted by molar-refractivity contribution is 0.0689. The summed E-state index contributed by atoms with van der Waals surface area (Å²) in [5.74, 6) is -1.05. The van der Waals surface area contributed by atoms with Gasteiger partial charge in [-0.2, -0.15) is 0 Å². The molecular formula is C36H35FN6O4S. The fraction of sp³-hybridized carbons (Fsp3) is 0.278. The van der Waals surface area contributed by atoms with Crippen molar-refractivity contribution in [3.05, 3.63) is 107 Å². The molecule has 2 aromatic heterocycles. The molecule has 1 amide bonds. The Hall–Kier alpha value is -5.07. The Bertz CT molecular complexity index is 1940. The topological polar surface area (TPSA) is 120 Å². The Morgan fingerprint density at radius 1 is 0.979 bits per heavy atom. The Labute approximate surface area is 281 Å². The molecule has 0 aliphatic carbocycles. The molecule has 2 aliphatic heterocycles. The zero-order valence-corrected chi connectivity index (χ0v) is 27.1. The zero-order chi connectivity index (χ0) is 33.0. The first-order chi connectivity index (χ1) is 23.4. The number of aromatic carboxylic acids is 1. The van der Waals surface area contributed by atoms with Crippen molar-refractivity contribution in [2.45, 2.75) is 25.8 Å². The molecule has 0 radical (unpaired) electrons. The van der Waals surface area contributed by atoms with Crippen LogP contribution < -0.4 is 25.2 Å². The number of piperazine rings is 1. The lowest BCUT2D eigenvalue weighted by Crippen LogP contribution is -2.43. The molecule has 0 spiro atoms. The van der Waals surface area contributed by atoms with Crippen molar-refractivity contribution < 1.29 is 23.8 Å². The van der Waals surface area contributed by atoms with Crippen molar-refractivity contribution in [1.29, 1.82) is 0 Å². The fourth-order valence-electron chi connectivity index (χ4n) is 6.29.